The topological polar surface area (TPSA) is 12.9 Å². The maximum absolute atomic E-state index is 5.68. The van der Waals surface area contributed by atoms with Gasteiger partial charge < -0.3 is 0 Å². The van der Waals surface area contributed by atoms with Crippen LogP contribution in [0.15, 0.2) is 60.7 Å². The van der Waals surface area contributed by atoms with Gasteiger partial charge >= 0.3 is 0 Å². The van der Waals surface area contributed by atoms with E-state index in [-0.39, 0.29) is 0 Å². The average molecular weight is 352 g/mol. The predicted molar refractivity (Wildman–Crippen MR) is 104 cm³/mol. The highest BCUT2D eigenvalue weighted by Gasteiger charge is 2.14. The van der Waals surface area contributed by atoms with Gasteiger partial charge in [-0.25, -0.2) is 4.98 Å². The fraction of sp³-hybridized carbons (Fsp3) is 0.0526. The summed E-state index contributed by atoms with van der Waals surface area (Å²) in [6.07, 6.45) is 0. The van der Waals surface area contributed by atoms with Crippen molar-refractivity contribution >= 4 is 45.1 Å². The van der Waals surface area contributed by atoms with Gasteiger partial charge in [-0.05, 0) is 18.1 Å². The minimum atomic E-state index is 0.921. The zero-order valence-electron chi connectivity index (χ0n) is 12.4. The first-order valence-corrected chi connectivity index (χ1v) is 9.33. The van der Waals surface area contributed by atoms with E-state index in [0.717, 1.165) is 24.6 Å². The Kier molecular flexibility index (Phi) is 3.81. The van der Waals surface area contributed by atoms with Crippen LogP contribution in [0.1, 0.15) is 5.56 Å². The molecule has 0 aliphatic carbocycles. The lowest BCUT2D eigenvalue weighted by Gasteiger charge is -2.00. The van der Waals surface area contributed by atoms with Crippen molar-refractivity contribution in [1.82, 2.24) is 4.98 Å². The lowest BCUT2D eigenvalue weighted by Crippen LogP contribution is -1.81. The summed E-state index contributed by atoms with van der Waals surface area (Å²) in [6, 6.07) is 20.7. The van der Waals surface area contributed by atoms with E-state index in [9.17, 15) is 0 Å². The van der Waals surface area contributed by atoms with Gasteiger partial charge in [0.1, 0.15) is 13.7 Å². The first-order chi connectivity index (χ1) is 11.2. The number of aromatic nitrogens is 1. The molecule has 0 aliphatic rings. The Morgan fingerprint density at radius 2 is 1.43 bits per heavy atom. The monoisotopic (exact) mass is 351 g/mol. The van der Waals surface area contributed by atoms with E-state index < -0.39 is 0 Å². The van der Waals surface area contributed by atoms with Crippen molar-refractivity contribution in [2.24, 2.45) is 0 Å². The maximum atomic E-state index is 5.68. The standard InChI is InChI=1S/C19H13NS3/c1-12-15-18(22-16(12)13-8-4-2-5-9-13)20-17(23-19(15)21)14-10-6-3-7-11-14/h2-11H,1H3. The molecule has 0 radical (unpaired) electrons. The lowest BCUT2D eigenvalue weighted by molar-refractivity contribution is 1.48. The van der Waals surface area contributed by atoms with E-state index in [4.69, 9.17) is 17.2 Å². The lowest BCUT2D eigenvalue weighted by atomic mass is 10.1. The highest BCUT2D eigenvalue weighted by atomic mass is 32.1. The quantitative estimate of drug-likeness (QED) is 0.371. The van der Waals surface area contributed by atoms with E-state index in [1.165, 1.54) is 16.0 Å². The van der Waals surface area contributed by atoms with Gasteiger partial charge in [-0.2, -0.15) is 0 Å². The van der Waals surface area contributed by atoms with Crippen LogP contribution in [0, 0.1) is 10.7 Å². The molecule has 1 nitrogen and oxygen atoms in total. The zero-order chi connectivity index (χ0) is 15.8. The summed E-state index contributed by atoms with van der Waals surface area (Å²) in [5.74, 6) is 0. The van der Waals surface area contributed by atoms with Crippen LogP contribution in [0.25, 0.3) is 31.2 Å². The molecule has 2 heterocycles. The van der Waals surface area contributed by atoms with Gasteiger partial charge in [-0.15, -0.1) is 22.7 Å². The highest BCUT2D eigenvalue weighted by Crippen LogP contribution is 2.40. The molecule has 0 amide bonds. The van der Waals surface area contributed by atoms with Gasteiger partial charge in [0, 0.05) is 15.8 Å². The van der Waals surface area contributed by atoms with Gasteiger partial charge in [0.15, 0.2) is 0 Å². The number of nitrogens with zero attached hydrogens (tertiary/aromatic N) is 1. The zero-order valence-corrected chi connectivity index (χ0v) is 14.9. The molecule has 0 saturated carbocycles. The normalized spacial score (nSPS) is 11.0. The molecule has 23 heavy (non-hydrogen) atoms. The van der Waals surface area contributed by atoms with Crippen LogP contribution in [0.4, 0.5) is 0 Å². The van der Waals surface area contributed by atoms with Gasteiger partial charge in [0.05, 0.1) is 0 Å². The van der Waals surface area contributed by atoms with Crippen LogP contribution in [0.3, 0.4) is 0 Å². The molecule has 0 saturated heterocycles. The van der Waals surface area contributed by atoms with E-state index in [0.29, 0.717) is 0 Å². The van der Waals surface area contributed by atoms with Crippen molar-refractivity contribution in [3.8, 4) is 21.0 Å². The van der Waals surface area contributed by atoms with E-state index >= 15 is 0 Å². The fourth-order valence-corrected chi connectivity index (χ4v) is 5.43. The van der Waals surface area contributed by atoms with Gasteiger partial charge in [0.2, 0.25) is 0 Å². The largest absolute Gasteiger partial charge is 0.226 e. The summed E-state index contributed by atoms with van der Waals surface area (Å²) in [5, 5.41) is 2.12. The van der Waals surface area contributed by atoms with Crippen LogP contribution >= 0.6 is 34.9 Å². The number of fused-ring (bicyclic) bond motifs is 1. The van der Waals surface area contributed by atoms with Crippen molar-refractivity contribution in [3.63, 3.8) is 0 Å². The number of hydrogen-bond acceptors (Lipinski definition) is 4. The smallest absolute Gasteiger partial charge is 0.128 e. The summed E-state index contributed by atoms with van der Waals surface area (Å²) < 4.78 is 0.921. The van der Waals surface area contributed by atoms with Crippen molar-refractivity contribution in [1.29, 1.82) is 0 Å². The predicted octanol–water partition coefficient (Wildman–Crippen LogP) is 6.73. The second-order valence-corrected chi connectivity index (χ2v) is 7.94. The van der Waals surface area contributed by atoms with Crippen molar-refractivity contribution < 1.29 is 0 Å². The van der Waals surface area contributed by atoms with Gasteiger partial charge in [-0.3, -0.25) is 0 Å². The molecule has 0 fully saturated rings. The van der Waals surface area contributed by atoms with Gasteiger partial charge in [-0.1, -0.05) is 72.9 Å². The fourth-order valence-electron chi connectivity index (χ4n) is 2.64. The Bertz CT molecular complexity index is 1030. The van der Waals surface area contributed by atoms with E-state index in [1.807, 2.05) is 24.3 Å². The van der Waals surface area contributed by atoms with Crippen molar-refractivity contribution in [3.05, 3.63) is 70.1 Å². The van der Waals surface area contributed by atoms with Crippen molar-refractivity contribution in [2.45, 2.75) is 6.92 Å². The molecule has 0 unspecified atom stereocenters. The number of hydrogen-bond donors (Lipinski definition) is 0. The third-order valence-electron chi connectivity index (χ3n) is 3.78. The third kappa shape index (κ3) is 2.63. The molecule has 2 aromatic carbocycles. The first-order valence-electron chi connectivity index (χ1n) is 7.29. The number of benzene rings is 2. The number of thiophene rings is 1. The minimum Gasteiger partial charge on any atom is -0.226 e. The first kappa shape index (κ1) is 14.7. The molecule has 4 rings (SSSR count). The second kappa shape index (κ2) is 5.96. The number of aryl methyl sites for hydroxylation is 1. The molecule has 0 N–H and O–H groups in total. The summed E-state index contributed by atoms with van der Waals surface area (Å²) in [5.41, 5.74) is 3.59. The Morgan fingerprint density at radius 3 is 2.09 bits per heavy atom. The molecule has 4 aromatic rings. The molecule has 0 bridgehead atoms. The summed E-state index contributed by atoms with van der Waals surface area (Å²) >= 11 is 9.00. The second-order valence-electron chi connectivity index (χ2n) is 5.27. The summed E-state index contributed by atoms with van der Waals surface area (Å²) in [4.78, 5) is 7.18. The van der Waals surface area contributed by atoms with Crippen LogP contribution < -0.4 is 0 Å². The summed E-state index contributed by atoms with van der Waals surface area (Å²) in [6.45, 7) is 2.15. The average Bonchev–Trinajstić information content (AvgIpc) is 2.94. The third-order valence-corrected chi connectivity index (χ3v) is 6.38. The minimum absolute atomic E-state index is 0.921. The molecule has 0 atom stereocenters. The van der Waals surface area contributed by atoms with Gasteiger partial charge in [0.25, 0.3) is 0 Å². The Balaban J connectivity index is 1.97. The van der Waals surface area contributed by atoms with E-state index in [1.54, 1.807) is 22.7 Å². The van der Waals surface area contributed by atoms with E-state index in [2.05, 4.69) is 43.3 Å². The molecular weight excluding hydrogens is 338 g/mol. The molecular formula is C19H13NS3. The Labute approximate surface area is 147 Å². The Hall–Kier alpha value is -1.88. The van der Waals surface area contributed by atoms with Crippen LogP contribution in [-0.4, -0.2) is 4.98 Å². The molecule has 2 aromatic heterocycles. The molecule has 0 spiro atoms. The van der Waals surface area contributed by atoms with Crippen molar-refractivity contribution in [2.75, 3.05) is 0 Å². The highest BCUT2D eigenvalue weighted by molar-refractivity contribution is 7.74. The van der Waals surface area contributed by atoms with Crippen LogP contribution in [0.2, 0.25) is 0 Å². The summed E-state index contributed by atoms with van der Waals surface area (Å²) in [7, 11) is 0. The van der Waals surface area contributed by atoms with Crippen LogP contribution in [-0.2, 0) is 0 Å². The molecule has 4 heteroatoms. The SMILES string of the molecule is Cc1c(-c2ccccc2)sc2nc(-c3ccccc3)sc(=S)c12. The maximum Gasteiger partial charge on any atom is 0.128 e. The van der Waals surface area contributed by atoms with Crippen LogP contribution in [0.5, 0.6) is 0 Å². The molecule has 112 valence electrons. The number of rotatable bonds is 2. The molecule has 0 aliphatic heterocycles. The Morgan fingerprint density at radius 1 is 0.826 bits per heavy atom.